The molecule has 1 aromatic carbocycles. The molecule has 2 amide bonds. The second kappa shape index (κ2) is 8.69. The molecule has 0 unspecified atom stereocenters. The fourth-order valence-electron chi connectivity index (χ4n) is 3.99. The fraction of sp³-hybridized carbons (Fsp3) is 0.455. The molecule has 0 radical (unpaired) electrons. The molecular formula is C22H27N5O3. The molecule has 30 heavy (non-hydrogen) atoms. The Morgan fingerprint density at radius 1 is 1.33 bits per heavy atom. The third kappa shape index (κ3) is 4.53. The van der Waals surface area contributed by atoms with Gasteiger partial charge in [0.15, 0.2) is 5.76 Å². The summed E-state index contributed by atoms with van der Waals surface area (Å²) in [7, 11) is 0. The molecule has 8 heteroatoms. The van der Waals surface area contributed by atoms with Crippen molar-refractivity contribution in [2.75, 3.05) is 13.1 Å². The van der Waals surface area contributed by atoms with Gasteiger partial charge in [0, 0.05) is 31.1 Å². The van der Waals surface area contributed by atoms with Crippen LogP contribution in [0.2, 0.25) is 0 Å². The monoisotopic (exact) mass is 409 g/mol. The number of rotatable bonds is 6. The number of amides is 2. The van der Waals surface area contributed by atoms with Crippen molar-refractivity contribution in [3.8, 4) is 0 Å². The molecule has 2 N–H and O–H groups in total. The Morgan fingerprint density at radius 3 is 3.00 bits per heavy atom. The highest BCUT2D eigenvalue weighted by Gasteiger charge is 2.26. The molecule has 0 bridgehead atoms. The Labute approximate surface area is 175 Å². The molecule has 8 nitrogen and oxygen atoms in total. The number of aryl methyl sites for hydroxylation is 2. The first kappa shape index (κ1) is 20.1. The molecule has 1 atom stereocenters. The predicted molar refractivity (Wildman–Crippen MR) is 112 cm³/mol. The summed E-state index contributed by atoms with van der Waals surface area (Å²) >= 11 is 0. The zero-order valence-electron chi connectivity index (χ0n) is 17.4. The molecule has 1 aliphatic heterocycles. The van der Waals surface area contributed by atoms with Crippen LogP contribution in [-0.2, 0) is 17.8 Å². The first-order valence-electron chi connectivity index (χ1n) is 10.5. The van der Waals surface area contributed by atoms with Gasteiger partial charge in [0.05, 0.1) is 23.3 Å². The van der Waals surface area contributed by atoms with Gasteiger partial charge in [0.25, 0.3) is 5.91 Å². The maximum atomic E-state index is 13.0. The molecule has 1 fully saturated rings. The summed E-state index contributed by atoms with van der Waals surface area (Å²) in [5.74, 6) is 1.61. The average molecular weight is 409 g/mol. The van der Waals surface area contributed by atoms with Crippen molar-refractivity contribution in [2.45, 2.75) is 46.1 Å². The number of carbonyl (C=O) groups excluding carboxylic acids is 2. The van der Waals surface area contributed by atoms with Crippen molar-refractivity contribution in [3.63, 3.8) is 0 Å². The van der Waals surface area contributed by atoms with Crippen molar-refractivity contribution in [1.29, 1.82) is 0 Å². The Hall–Kier alpha value is -3.16. The summed E-state index contributed by atoms with van der Waals surface area (Å²) in [6.45, 7) is 5.55. The molecule has 1 saturated heterocycles. The van der Waals surface area contributed by atoms with Crippen LogP contribution in [-0.4, -0.2) is 44.9 Å². The highest BCUT2D eigenvalue weighted by molar-refractivity contribution is 5.97. The van der Waals surface area contributed by atoms with Crippen LogP contribution in [0, 0.1) is 12.8 Å². The number of aromatic amines is 1. The van der Waals surface area contributed by atoms with Crippen molar-refractivity contribution in [1.82, 2.24) is 25.3 Å². The molecule has 0 spiro atoms. The van der Waals surface area contributed by atoms with Gasteiger partial charge < -0.3 is 19.7 Å². The highest BCUT2D eigenvalue weighted by atomic mass is 16.5. The number of fused-ring (bicyclic) bond motifs is 1. The second-order valence-corrected chi connectivity index (χ2v) is 7.93. The minimum absolute atomic E-state index is 0.00279. The Balaban J connectivity index is 1.32. The SMILES string of the molecule is CCc1cc(CNC(=O)C[C@@H]2CCCN(C(=O)c3ccc4nc(C)[nH]c4c3)C2)on1. The van der Waals surface area contributed by atoms with E-state index in [2.05, 4.69) is 20.4 Å². The van der Waals surface area contributed by atoms with E-state index in [4.69, 9.17) is 4.52 Å². The number of likely N-dealkylation sites (tertiary alicyclic amines) is 1. The number of hydrogen-bond acceptors (Lipinski definition) is 5. The van der Waals surface area contributed by atoms with E-state index in [1.807, 2.05) is 43.0 Å². The Kier molecular flexibility index (Phi) is 5.83. The Morgan fingerprint density at radius 2 is 2.20 bits per heavy atom. The normalized spacial score (nSPS) is 16.7. The van der Waals surface area contributed by atoms with Gasteiger partial charge in [-0.15, -0.1) is 0 Å². The van der Waals surface area contributed by atoms with E-state index in [0.29, 0.717) is 30.8 Å². The van der Waals surface area contributed by atoms with Crippen LogP contribution in [0.1, 0.15) is 53.8 Å². The second-order valence-electron chi connectivity index (χ2n) is 7.93. The van der Waals surface area contributed by atoms with Gasteiger partial charge in [0.1, 0.15) is 5.82 Å². The van der Waals surface area contributed by atoms with Crippen molar-refractivity contribution >= 4 is 22.8 Å². The molecule has 158 valence electrons. The lowest BCUT2D eigenvalue weighted by Gasteiger charge is -2.32. The van der Waals surface area contributed by atoms with Gasteiger partial charge in [-0.1, -0.05) is 12.1 Å². The number of piperidine rings is 1. The third-order valence-corrected chi connectivity index (χ3v) is 5.56. The predicted octanol–water partition coefficient (Wildman–Crippen LogP) is 2.98. The molecule has 2 aromatic heterocycles. The third-order valence-electron chi connectivity index (χ3n) is 5.56. The zero-order chi connectivity index (χ0) is 21.1. The van der Waals surface area contributed by atoms with Crippen LogP contribution in [0.3, 0.4) is 0 Å². The van der Waals surface area contributed by atoms with Gasteiger partial charge in [-0.05, 0) is 50.3 Å². The van der Waals surface area contributed by atoms with E-state index in [1.54, 1.807) is 0 Å². The number of carbonyl (C=O) groups is 2. The van der Waals surface area contributed by atoms with Crippen LogP contribution in [0.15, 0.2) is 28.8 Å². The lowest BCUT2D eigenvalue weighted by atomic mass is 9.94. The van der Waals surface area contributed by atoms with Crippen LogP contribution in [0.5, 0.6) is 0 Å². The first-order chi connectivity index (χ1) is 14.5. The van der Waals surface area contributed by atoms with E-state index in [1.165, 1.54) is 0 Å². The first-order valence-corrected chi connectivity index (χ1v) is 10.5. The standard InChI is InChI=1S/C22H27N5O3/c1-3-17-11-18(30-26-17)12-23-21(28)9-15-5-4-8-27(13-15)22(29)16-6-7-19-20(10-16)25-14(2)24-19/h6-7,10-11,15H,3-5,8-9,12-13H2,1-2H3,(H,23,28)(H,24,25)/t15-/m0/s1. The summed E-state index contributed by atoms with van der Waals surface area (Å²) in [6.07, 6.45) is 3.04. The molecule has 1 aliphatic rings. The van der Waals surface area contributed by atoms with Gasteiger partial charge in [-0.3, -0.25) is 9.59 Å². The quantitative estimate of drug-likeness (QED) is 0.651. The lowest BCUT2D eigenvalue weighted by Crippen LogP contribution is -2.41. The summed E-state index contributed by atoms with van der Waals surface area (Å²) in [4.78, 5) is 34.8. The molecule has 3 heterocycles. The number of nitrogens with zero attached hydrogens (tertiary/aromatic N) is 3. The molecule has 0 saturated carbocycles. The van der Waals surface area contributed by atoms with E-state index in [9.17, 15) is 9.59 Å². The summed E-state index contributed by atoms with van der Waals surface area (Å²) in [5.41, 5.74) is 3.25. The van der Waals surface area contributed by atoms with Gasteiger partial charge in [-0.2, -0.15) is 0 Å². The van der Waals surface area contributed by atoms with E-state index in [0.717, 1.165) is 48.4 Å². The van der Waals surface area contributed by atoms with Crippen molar-refractivity contribution in [2.24, 2.45) is 5.92 Å². The van der Waals surface area contributed by atoms with Gasteiger partial charge in [0.2, 0.25) is 5.91 Å². The Bertz CT molecular complexity index is 1050. The number of hydrogen-bond donors (Lipinski definition) is 2. The molecule has 3 aromatic rings. The smallest absolute Gasteiger partial charge is 0.253 e. The summed E-state index contributed by atoms with van der Waals surface area (Å²) < 4.78 is 5.20. The number of benzene rings is 1. The number of imidazole rings is 1. The molecular weight excluding hydrogens is 382 g/mol. The topological polar surface area (TPSA) is 104 Å². The number of H-pyrrole nitrogens is 1. The van der Waals surface area contributed by atoms with E-state index >= 15 is 0 Å². The fourth-order valence-corrected chi connectivity index (χ4v) is 3.99. The summed E-state index contributed by atoms with van der Waals surface area (Å²) in [5, 5.41) is 6.82. The maximum absolute atomic E-state index is 13.0. The minimum Gasteiger partial charge on any atom is -0.359 e. The molecule has 4 rings (SSSR count). The van der Waals surface area contributed by atoms with Crippen molar-refractivity contribution in [3.05, 3.63) is 47.1 Å². The number of nitrogens with one attached hydrogen (secondary N) is 2. The number of aromatic nitrogens is 3. The lowest BCUT2D eigenvalue weighted by molar-refractivity contribution is -0.122. The van der Waals surface area contributed by atoms with Crippen LogP contribution >= 0.6 is 0 Å². The van der Waals surface area contributed by atoms with Crippen molar-refractivity contribution < 1.29 is 14.1 Å². The highest BCUT2D eigenvalue weighted by Crippen LogP contribution is 2.22. The summed E-state index contributed by atoms with van der Waals surface area (Å²) in [6, 6.07) is 7.41. The van der Waals surface area contributed by atoms with Crippen LogP contribution < -0.4 is 5.32 Å². The van der Waals surface area contributed by atoms with E-state index < -0.39 is 0 Å². The van der Waals surface area contributed by atoms with Crippen LogP contribution in [0.25, 0.3) is 11.0 Å². The van der Waals surface area contributed by atoms with Gasteiger partial charge in [-0.25, -0.2) is 4.98 Å². The maximum Gasteiger partial charge on any atom is 0.253 e. The largest absolute Gasteiger partial charge is 0.359 e. The molecule has 0 aliphatic carbocycles. The minimum atomic E-state index is -0.0295. The van der Waals surface area contributed by atoms with Crippen LogP contribution in [0.4, 0.5) is 0 Å². The zero-order valence-corrected chi connectivity index (χ0v) is 17.4. The average Bonchev–Trinajstić information content (AvgIpc) is 3.36. The van der Waals surface area contributed by atoms with Gasteiger partial charge >= 0.3 is 0 Å². The van der Waals surface area contributed by atoms with E-state index in [-0.39, 0.29) is 17.7 Å².